The van der Waals surface area contributed by atoms with Gasteiger partial charge in [-0.25, -0.2) is 8.42 Å². The van der Waals surface area contributed by atoms with E-state index in [4.69, 9.17) is 16.3 Å². The van der Waals surface area contributed by atoms with Gasteiger partial charge in [-0.2, -0.15) is 0 Å². The van der Waals surface area contributed by atoms with Crippen LogP contribution in [0.4, 0.5) is 11.4 Å². The molecule has 0 aliphatic carbocycles. The smallest absolute Gasteiger partial charge is 0.265 e. The van der Waals surface area contributed by atoms with Crippen molar-refractivity contribution in [3.8, 4) is 5.75 Å². The number of benzene rings is 2. The molecule has 1 unspecified atom stereocenters. The summed E-state index contributed by atoms with van der Waals surface area (Å²) in [7, 11) is -1.87. The fourth-order valence-electron chi connectivity index (χ4n) is 2.21. The first-order chi connectivity index (χ1) is 12.6. The van der Waals surface area contributed by atoms with E-state index in [9.17, 15) is 13.2 Å². The second-order valence-corrected chi connectivity index (χ2v) is 9.13. The summed E-state index contributed by atoms with van der Waals surface area (Å²) in [4.78, 5) is 12.5. The van der Waals surface area contributed by atoms with Gasteiger partial charge in [-0.05, 0) is 64.8 Å². The highest BCUT2D eigenvalue weighted by molar-refractivity contribution is 9.10. The fourth-order valence-corrected chi connectivity index (χ4v) is 3.14. The van der Waals surface area contributed by atoms with Gasteiger partial charge in [0.2, 0.25) is 10.0 Å². The average Bonchev–Trinajstić information content (AvgIpc) is 2.61. The van der Waals surface area contributed by atoms with Crippen molar-refractivity contribution < 1.29 is 17.9 Å². The van der Waals surface area contributed by atoms with Crippen molar-refractivity contribution in [1.82, 2.24) is 0 Å². The Hall–Kier alpha value is -1.77. The van der Waals surface area contributed by atoms with Gasteiger partial charge >= 0.3 is 0 Å². The fraction of sp³-hybridized carbons (Fsp3) is 0.278. The Balaban J connectivity index is 2.07. The third-order valence-corrected chi connectivity index (χ3v) is 6.26. The number of nitrogens with zero attached hydrogens (tertiary/aromatic N) is 1. The Morgan fingerprint density at radius 2 is 1.89 bits per heavy atom. The number of sulfonamides is 1. The zero-order valence-corrected chi connectivity index (χ0v) is 18.2. The SMILES string of the molecule is CCC(Oc1ccc(N(C)S(C)(=O)=O)cc1)C(=O)Nc1ccc(Br)c(Cl)c1. The van der Waals surface area contributed by atoms with Gasteiger partial charge in [0.05, 0.1) is 17.0 Å². The van der Waals surface area contributed by atoms with E-state index < -0.39 is 16.1 Å². The molecule has 0 aliphatic heterocycles. The molecular formula is C18H20BrClN2O4S. The first-order valence-corrected chi connectivity index (χ1v) is 11.1. The van der Waals surface area contributed by atoms with Gasteiger partial charge in [0.1, 0.15) is 5.75 Å². The van der Waals surface area contributed by atoms with Crippen LogP contribution in [0.25, 0.3) is 0 Å². The van der Waals surface area contributed by atoms with Gasteiger partial charge in [0.25, 0.3) is 5.91 Å². The zero-order chi connectivity index (χ0) is 20.2. The van der Waals surface area contributed by atoms with Gasteiger partial charge in [0.15, 0.2) is 6.10 Å². The minimum absolute atomic E-state index is 0.298. The Labute approximate surface area is 172 Å². The van der Waals surface area contributed by atoms with Crippen LogP contribution in [0.1, 0.15) is 13.3 Å². The van der Waals surface area contributed by atoms with E-state index in [0.29, 0.717) is 28.6 Å². The quantitative estimate of drug-likeness (QED) is 0.648. The molecule has 6 nitrogen and oxygen atoms in total. The number of nitrogens with one attached hydrogen (secondary N) is 1. The third kappa shape index (κ3) is 5.85. The summed E-state index contributed by atoms with van der Waals surface area (Å²) in [6.07, 6.45) is 0.885. The minimum Gasteiger partial charge on any atom is -0.481 e. The molecule has 9 heteroatoms. The van der Waals surface area contributed by atoms with Crippen molar-refractivity contribution in [3.63, 3.8) is 0 Å². The molecule has 1 atom stereocenters. The van der Waals surface area contributed by atoms with Gasteiger partial charge in [-0.15, -0.1) is 0 Å². The number of amides is 1. The Kier molecular flexibility index (Phi) is 7.13. The minimum atomic E-state index is -3.34. The predicted molar refractivity (Wildman–Crippen MR) is 112 cm³/mol. The van der Waals surface area contributed by atoms with E-state index in [-0.39, 0.29) is 5.91 Å². The number of hydrogen-bond acceptors (Lipinski definition) is 4. The van der Waals surface area contributed by atoms with Crippen molar-refractivity contribution >= 4 is 54.8 Å². The van der Waals surface area contributed by atoms with E-state index in [0.717, 1.165) is 15.0 Å². The Morgan fingerprint density at radius 1 is 1.26 bits per heavy atom. The van der Waals surface area contributed by atoms with Crippen molar-refractivity contribution in [1.29, 1.82) is 0 Å². The number of halogens is 2. The van der Waals surface area contributed by atoms with E-state index in [1.165, 1.54) is 7.05 Å². The summed E-state index contributed by atoms with van der Waals surface area (Å²) in [5, 5.41) is 3.27. The molecule has 0 spiro atoms. The van der Waals surface area contributed by atoms with Crippen LogP contribution in [-0.4, -0.2) is 33.7 Å². The van der Waals surface area contributed by atoms with E-state index in [2.05, 4.69) is 21.2 Å². The van der Waals surface area contributed by atoms with Crippen LogP contribution in [-0.2, 0) is 14.8 Å². The Bertz CT molecular complexity index is 919. The lowest BCUT2D eigenvalue weighted by molar-refractivity contribution is -0.122. The normalized spacial score (nSPS) is 12.3. The molecule has 2 aromatic carbocycles. The van der Waals surface area contributed by atoms with Crippen LogP contribution < -0.4 is 14.4 Å². The number of carbonyl (C=O) groups excluding carboxylic acids is 1. The largest absolute Gasteiger partial charge is 0.481 e. The molecule has 0 aromatic heterocycles. The maximum Gasteiger partial charge on any atom is 0.265 e. The molecule has 2 rings (SSSR count). The van der Waals surface area contributed by atoms with E-state index in [1.54, 1.807) is 42.5 Å². The lowest BCUT2D eigenvalue weighted by Gasteiger charge is -2.19. The van der Waals surface area contributed by atoms with Crippen LogP contribution in [0.2, 0.25) is 5.02 Å². The van der Waals surface area contributed by atoms with Gasteiger partial charge in [0, 0.05) is 17.2 Å². The standard InChI is InChI=1S/C18H20BrClN2O4S/c1-4-17(18(23)21-12-5-10-15(19)16(20)11-12)26-14-8-6-13(7-9-14)22(2)27(3,24)25/h5-11,17H,4H2,1-3H3,(H,21,23). The summed E-state index contributed by atoms with van der Waals surface area (Å²) >= 11 is 9.34. The second kappa shape index (κ2) is 8.95. The Morgan fingerprint density at radius 3 is 2.41 bits per heavy atom. The average molecular weight is 476 g/mol. The molecule has 0 saturated heterocycles. The molecule has 2 aromatic rings. The number of ether oxygens (including phenoxy) is 1. The zero-order valence-electron chi connectivity index (χ0n) is 15.1. The lowest BCUT2D eigenvalue weighted by Crippen LogP contribution is -2.32. The number of carbonyl (C=O) groups is 1. The maximum atomic E-state index is 12.5. The van der Waals surface area contributed by atoms with Crippen molar-refractivity contribution in [3.05, 3.63) is 52.0 Å². The summed E-state index contributed by atoms with van der Waals surface area (Å²) < 4.78 is 30.8. The molecule has 0 bridgehead atoms. The lowest BCUT2D eigenvalue weighted by atomic mass is 10.2. The van der Waals surface area contributed by atoms with Crippen LogP contribution in [0, 0.1) is 0 Å². The number of rotatable bonds is 7. The van der Waals surface area contributed by atoms with Gasteiger partial charge < -0.3 is 10.1 Å². The van der Waals surface area contributed by atoms with Crippen LogP contribution in [0.3, 0.4) is 0 Å². The number of anilines is 2. The molecule has 0 saturated carbocycles. The van der Waals surface area contributed by atoms with E-state index >= 15 is 0 Å². The molecule has 146 valence electrons. The molecule has 0 radical (unpaired) electrons. The van der Waals surface area contributed by atoms with E-state index in [1.807, 2.05) is 6.92 Å². The van der Waals surface area contributed by atoms with Crippen LogP contribution in [0.15, 0.2) is 46.9 Å². The van der Waals surface area contributed by atoms with Crippen molar-refractivity contribution in [2.45, 2.75) is 19.4 Å². The number of hydrogen-bond donors (Lipinski definition) is 1. The topological polar surface area (TPSA) is 75.7 Å². The third-order valence-electron chi connectivity index (χ3n) is 3.83. The van der Waals surface area contributed by atoms with Gasteiger partial charge in [-0.1, -0.05) is 18.5 Å². The first kappa shape index (κ1) is 21.5. The summed E-state index contributed by atoms with van der Waals surface area (Å²) in [5.41, 5.74) is 1.08. The molecule has 0 heterocycles. The second-order valence-electron chi connectivity index (χ2n) is 5.86. The predicted octanol–water partition coefficient (Wildman–Crippen LogP) is 4.29. The first-order valence-electron chi connectivity index (χ1n) is 8.08. The van der Waals surface area contributed by atoms with Crippen LogP contribution in [0.5, 0.6) is 5.75 Å². The van der Waals surface area contributed by atoms with Crippen molar-refractivity contribution in [2.75, 3.05) is 22.9 Å². The van der Waals surface area contributed by atoms with Crippen LogP contribution >= 0.6 is 27.5 Å². The molecule has 0 aliphatic rings. The highest BCUT2D eigenvalue weighted by Crippen LogP contribution is 2.26. The summed E-state index contributed by atoms with van der Waals surface area (Å²) in [6, 6.07) is 11.6. The summed E-state index contributed by atoms with van der Waals surface area (Å²) in [6.45, 7) is 1.84. The summed E-state index contributed by atoms with van der Waals surface area (Å²) in [5.74, 6) is 0.171. The molecule has 27 heavy (non-hydrogen) atoms. The molecule has 1 amide bonds. The maximum absolute atomic E-state index is 12.5. The van der Waals surface area contributed by atoms with Crippen molar-refractivity contribution in [2.24, 2.45) is 0 Å². The molecule has 0 fully saturated rings. The highest BCUT2D eigenvalue weighted by atomic mass is 79.9. The monoisotopic (exact) mass is 474 g/mol. The van der Waals surface area contributed by atoms with Gasteiger partial charge in [-0.3, -0.25) is 9.10 Å². The molecular weight excluding hydrogens is 456 g/mol. The molecule has 1 N–H and O–H groups in total. The highest BCUT2D eigenvalue weighted by Gasteiger charge is 2.19.